The van der Waals surface area contributed by atoms with Crippen molar-refractivity contribution in [1.82, 2.24) is 15.0 Å². The summed E-state index contributed by atoms with van der Waals surface area (Å²) in [7, 11) is 2.14. The van der Waals surface area contributed by atoms with Crippen LogP contribution in [-0.4, -0.2) is 41.2 Å². The van der Waals surface area contributed by atoms with Crippen molar-refractivity contribution in [3.05, 3.63) is 29.3 Å². The summed E-state index contributed by atoms with van der Waals surface area (Å²) in [5.74, 6) is 0.558. The molecule has 106 valence electrons. The summed E-state index contributed by atoms with van der Waals surface area (Å²) in [4.78, 5) is 6.70. The molecule has 3 rings (SSSR count). The van der Waals surface area contributed by atoms with Crippen molar-refractivity contribution in [3.63, 3.8) is 0 Å². The van der Waals surface area contributed by atoms with Crippen LogP contribution in [0.15, 0.2) is 28.8 Å². The van der Waals surface area contributed by atoms with Gasteiger partial charge in [-0.2, -0.15) is 4.98 Å². The third-order valence-electron chi connectivity index (χ3n) is 3.56. The first-order chi connectivity index (χ1) is 9.70. The smallest absolute Gasteiger partial charge is 0.322 e. The molecule has 2 aromatic rings. The Balaban J connectivity index is 1.68. The molecule has 0 saturated carbocycles. The molecule has 20 heavy (non-hydrogen) atoms. The molecule has 0 atom stereocenters. The molecular weight excluding hydrogens is 276 g/mol. The number of piperidine rings is 1. The predicted molar refractivity (Wildman–Crippen MR) is 78.9 cm³/mol. The minimum absolute atomic E-state index is 0.402. The number of nitrogens with zero attached hydrogens (tertiary/aromatic N) is 3. The Hall–Kier alpha value is -1.59. The average molecular weight is 293 g/mol. The summed E-state index contributed by atoms with van der Waals surface area (Å²) in [5.41, 5.74) is 0.859. The Bertz CT molecular complexity index is 578. The molecule has 0 radical (unpaired) electrons. The van der Waals surface area contributed by atoms with Gasteiger partial charge < -0.3 is 14.7 Å². The zero-order valence-electron chi connectivity index (χ0n) is 11.3. The summed E-state index contributed by atoms with van der Waals surface area (Å²) in [5, 5.41) is 7.96. The first-order valence-corrected chi connectivity index (χ1v) is 7.13. The molecule has 1 aromatic heterocycles. The van der Waals surface area contributed by atoms with Crippen LogP contribution in [-0.2, 0) is 0 Å². The molecule has 1 saturated heterocycles. The highest BCUT2D eigenvalue weighted by Gasteiger charge is 2.18. The van der Waals surface area contributed by atoms with E-state index in [-0.39, 0.29) is 0 Å². The van der Waals surface area contributed by atoms with E-state index in [1.807, 2.05) is 24.3 Å². The average Bonchev–Trinajstić information content (AvgIpc) is 2.90. The number of anilines is 1. The van der Waals surface area contributed by atoms with Gasteiger partial charge in [-0.1, -0.05) is 28.9 Å². The van der Waals surface area contributed by atoms with Gasteiger partial charge in [0.2, 0.25) is 5.82 Å². The van der Waals surface area contributed by atoms with Crippen molar-refractivity contribution in [2.75, 3.05) is 25.5 Å². The predicted octanol–water partition coefficient (Wildman–Crippen LogP) is 2.90. The molecule has 6 heteroatoms. The molecular formula is C14H17ClN4O. The van der Waals surface area contributed by atoms with Gasteiger partial charge in [0, 0.05) is 16.6 Å². The van der Waals surface area contributed by atoms with Crippen molar-refractivity contribution in [3.8, 4) is 11.4 Å². The highest BCUT2D eigenvalue weighted by atomic mass is 35.5. The van der Waals surface area contributed by atoms with E-state index in [0.29, 0.717) is 22.9 Å². The monoisotopic (exact) mass is 292 g/mol. The molecule has 0 aliphatic carbocycles. The highest BCUT2D eigenvalue weighted by Crippen LogP contribution is 2.22. The third kappa shape index (κ3) is 3.11. The van der Waals surface area contributed by atoms with Crippen molar-refractivity contribution in [1.29, 1.82) is 0 Å². The van der Waals surface area contributed by atoms with Gasteiger partial charge in [0.15, 0.2) is 0 Å². The van der Waals surface area contributed by atoms with E-state index in [1.165, 1.54) is 0 Å². The summed E-state index contributed by atoms with van der Waals surface area (Å²) in [6.45, 7) is 2.18. The van der Waals surface area contributed by atoms with Crippen LogP contribution >= 0.6 is 11.6 Å². The molecule has 0 amide bonds. The van der Waals surface area contributed by atoms with E-state index in [9.17, 15) is 0 Å². The zero-order valence-corrected chi connectivity index (χ0v) is 12.1. The normalized spacial score (nSPS) is 17.3. The maximum absolute atomic E-state index is 5.96. The van der Waals surface area contributed by atoms with Crippen LogP contribution in [0, 0.1) is 0 Å². The molecule has 1 aromatic carbocycles. The lowest BCUT2D eigenvalue weighted by molar-refractivity contribution is 0.261. The van der Waals surface area contributed by atoms with Gasteiger partial charge in [0.25, 0.3) is 0 Å². The van der Waals surface area contributed by atoms with Crippen LogP contribution < -0.4 is 5.32 Å². The van der Waals surface area contributed by atoms with Crippen molar-refractivity contribution < 1.29 is 4.52 Å². The van der Waals surface area contributed by atoms with Gasteiger partial charge in [-0.05, 0) is 45.1 Å². The zero-order chi connectivity index (χ0) is 13.9. The maximum Gasteiger partial charge on any atom is 0.322 e. The lowest BCUT2D eigenvalue weighted by atomic mass is 10.1. The highest BCUT2D eigenvalue weighted by molar-refractivity contribution is 6.30. The van der Waals surface area contributed by atoms with Gasteiger partial charge in [-0.15, -0.1) is 0 Å². The van der Waals surface area contributed by atoms with Crippen molar-refractivity contribution in [2.24, 2.45) is 0 Å². The minimum Gasteiger partial charge on any atom is -0.335 e. The van der Waals surface area contributed by atoms with Gasteiger partial charge in [-0.25, -0.2) is 0 Å². The van der Waals surface area contributed by atoms with Crippen LogP contribution in [0.25, 0.3) is 11.4 Å². The maximum atomic E-state index is 5.96. The summed E-state index contributed by atoms with van der Waals surface area (Å²) in [6.07, 6.45) is 2.18. The standard InChI is InChI=1S/C14H17ClN4O/c1-19-7-5-12(6-8-19)16-14-17-13(18-20-14)10-3-2-4-11(15)9-10/h2-4,9,12H,5-8H2,1H3,(H,16,17,18). The first kappa shape index (κ1) is 13.4. The minimum atomic E-state index is 0.402. The number of benzene rings is 1. The molecule has 1 aliphatic rings. The van der Waals surface area contributed by atoms with Crippen LogP contribution in [0.5, 0.6) is 0 Å². The Labute approximate surface area is 122 Å². The van der Waals surface area contributed by atoms with E-state index in [1.54, 1.807) is 0 Å². The molecule has 5 nitrogen and oxygen atoms in total. The fraction of sp³-hybridized carbons (Fsp3) is 0.429. The summed E-state index contributed by atoms with van der Waals surface area (Å²) in [6, 6.07) is 8.32. The number of hydrogen-bond acceptors (Lipinski definition) is 5. The molecule has 2 heterocycles. The van der Waals surface area contributed by atoms with Crippen molar-refractivity contribution >= 4 is 17.6 Å². The Morgan fingerprint density at radius 2 is 2.15 bits per heavy atom. The number of nitrogens with one attached hydrogen (secondary N) is 1. The Kier molecular flexibility index (Phi) is 3.89. The number of halogens is 1. The van der Waals surface area contributed by atoms with Crippen LogP contribution in [0.2, 0.25) is 5.02 Å². The van der Waals surface area contributed by atoms with E-state index in [2.05, 4.69) is 27.4 Å². The second-order valence-corrected chi connectivity index (χ2v) is 5.59. The summed E-state index contributed by atoms with van der Waals surface area (Å²) >= 11 is 5.96. The Morgan fingerprint density at radius 1 is 1.35 bits per heavy atom. The second-order valence-electron chi connectivity index (χ2n) is 5.16. The van der Waals surface area contributed by atoms with Crippen LogP contribution in [0.1, 0.15) is 12.8 Å². The van der Waals surface area contributed by atoms with Crippen LogP contribution in [0.4, 0.5) is 6.01 Å². The van der Waals surface area contributed by atoms with E-state index in [4.69, 9.17) is 16.1 Å². The van der Waals surface area contributed by atoms with E-state index < -0.39 is 0 Å². The van der Waals surface area contributed by atoms with Gasteiger partial charge >= 0.3 is 6.01 Å². The number of rotatable bonds is 3. The van der Waals surface area contributed by atoms with Crippen molar-refractivity contribution in [2.45, 2.75) is 18.9 Å². The second kappa shape index (κ2) is 5.81. The summed E-state index contributed by atoms with van der Waals surface area (Å²) < 4.78 is 5.26. The molecule has 1 fully saturated rings. The van der Waals surface area contributed by atoms with Crippen LogP contribution in [0.3, 0.4) is 0 Å². The number of likely N-dealkylation sites (tertiary alicyclic amines) is 1. The molecule has 1 N–H and O–H groups in total. The fourth-order valence-electron chi connectivity index (χ4n) is 2.35. The molecule has 1 aliphatic heterocycles. The Morgan fingerprint density at radius 3 is 2.90 bits per heavy atom. The van der Waals surface area contributed by atoms with Gasteiger partial charge in [-0.3, -0.25) is 0 Å². The van der Waals surface area contributed by atoms with E-state index in [0.717, 1.165) is 31.5 Å². The quantitative estimate of drug-likeness (QED) is 0.943. The molecule has 0 spiro atoms. The van der Waals surface area contributed by atoms with Gasteiger partial charge in [0.05, 0.1) is 0 Å². The topological polar surface area (TPSA) is 54.2 Å². The molecule has 0 bridgehead atoms. The largest absolute Gasteiger partial charge is 0.335 e. The fourth-order valence-corrected chi connectivity index (χ4v) is 2.54. The SMILES string of the molecule is CN1CCC(Nc2nc(-c3cccc(Cl)c3)no2)CC1. The lowest BCUT2D eigenvalue weighted by Gasteiger charge is -2.28. The van der Waals surface area contributed by atoms with Gasteiger partial charge in [0.1, 0.15) is 0 Å². The first-order valence-electron chi connectivity index (χ1n) is 6.75. The molecule has 0 unspecified atom stereocenters. The third-order valence-corrected chi connectivity index (χ3v) is 3.79. The van der Waals surface area contributed by atoms with E-state index >= 15 is 0 Å². The lowest BCUT2D eigenvalue weighted by Crippen LogP contribution is -2.36. The number of aromatic nitrogens is 2. The number of hydrogen-bond donors (Lipinski definition) is 1.